The summed E-state index contributed by atoms with van der Waals surface area (Å²) in [4.78, 5) is 26.2. The molecule has 0 bridgehead atoms. The third kappa shape index (κ3) is 5.80. The molecule has 1 heterocycles. The van der Waals surface area contributed by atoms with Crippen molar-refractivity contribution >= 4 is 11.9 Å². The number of hydrogen-bond donors (Lipinski definition) is 1. The lowest BCUT2D eigenvalue weighted by Gasteiger charge is -2.24. The Hall–Kier alpha value is -3.87. The number of benzene rings is 3. The molecule has 1 aliphatic heterocycles. The van der Waals surface area contributed by atoms with Crippen LogP contribution in [0.4, 0.5) is 4.39 Å². The molecule has 1 atom stereocenters. The third-order valence-electron chi connectivity index (χ3n) is 6.13. The average Bonchev–Trinajstić information content (AvgIpc) is 3.18. The molecule has 0 aromatic heterocycles. The van der Waals surface area contributed by atoms with E-state index in [2.05, 4.69) is 0 Å². The quantitative estimate of drug-likeness (QED) is 0.490. The summed E-state index contributed by atoms with van der Waals surface area (Å²) in [5.74, 6) is -0.751. The van der Waals surface area contributed by atoms with Crippen LogP contribution in [0.1, 0.15) is 34.0 Å². The number of carboxylic acid groups (broad SMARTS) is 1. The van der Waals surface area contributed by atoms with Crippen LogP contribution >= 0.6 is 0 Å². The standard InChI is InChI=1S/C28H28FNO5/c1-28(16-20-8-10-23(29)11-9-20)17-22-14-21(15-24(34-2)26(22)35-28)27(33)30(18-25(31)32)13-12-19-6-4-3-5-7-19/h3-11,14-15H,12-13,16-18H2,1-2H3,(H,31,32)/t28-/m1/s1. The van der Waals surface area contributed by atoms with Gasteiger partial charge in [0.1, 0.15) is 18.0 Å². The number of fused-ring (bicyclic) bond motifs is 1. The fourth-order valence-electron chi connectivity index (χ4n) is 4.51. The van der Waals surface area contributed by atoms with Gasteiger partial charge in [0.15, 0.2) is 11.5 Å². The van der Waals surface area contributed by atoms with Crippen molar-refractivity contribution in [3.63, 3.8) is 0 Å². The maximum atomic E-state index is 13.4. The van der Waals surface area contributed by atoms with Gasteiger partial charge in [-0.2, -0.15) is 0 Å². The molecule has 182 valence electrons. The maximum absolute atomic E-state index is 13.4. The van der Waals surface area contributed by atoms with Gasteiger partial charge in [-0.15, -0.1) is 0 Å². The Balaban J connectivity index is 1.56. The van der Waals surface area contributed by atoms with Crippen LogP contribution in [0.5, 0.6) is 11.5 Å². The fraction of sp³-hybridized carbons (Fsp3) is 0.286. The summed E-state index contributed by atoms with van der Waals surface area (Å²) >= 11 is 0. The van der Waals surface area contributed by atoms with Crippen molar-refractivity contribution in [3.8, 4) is 11.5 Å². The topological polar surface area (TPSA) is 76.1 Å². The van der Waals surface area contributed by atoms with E-state index in [1.54, 1.807) is 24.3 Å². The van der Waals surface area contributed by atoms with Gasteiger partial charge in [0.25, 0.3) is 5.91 Å². The van der Waals surface area contributed by atoms with Gasteiger partial charge < -0.3 is 19.5 Å². The molecule has 0 saturated heterocycles. The minimum atomic E-state index is -1.07. The van der Waals surface area contributed by atoms with Crippen LogP contribution in [0.15, 0.2) is 66.7 Å². The first-order chi connectivity index (χ1) is 16.8. The first kappa shape index (κ1) is 24.3. The lowest BCUT2D eigenvalue weighted by molar-refractivity contribution is -0.137. The van der Waals surface area contributed by atoms with Crippen molar-refractivity contribution in [3.05, 3.63) is 94.8 Å². The van der Waals surface area contributed by atoms with Gasteiger partial charge >= 0.3 is 5.97 Å². The van der Waals surface area contributed by atoms with Gasteiger partial charge in [-0.3, -0.25) is 9.59 Å². The van der Waals surface area contributed by atoms with Crippen molar-refractivity contribution in [1.29, 1.82) is 0 Å². The fourth-order valence-corrected chi connectivity index (χ4v) is 4.51. The van der Waals surface area contributed by atoms with Gasteiger partial charge in [-0.1, -0.05) is 42.5 Å². The zero-order valence-electron chi connectivity index (χ0n) is 19.8. The second-order valence-electron chi connectivity index (χ2n) is 9.05. The molecule has 0 aliphatic carbocycles. The molecule has 1 aliphatic rings. The Labute approximate surface area is 203 Å². The molecule has 1 amide bonds. The minimum absolute atomic E-state index is 0.271. The first-order valence-corrected chi connectivity index (χ1v) is 11.5. The minimum Gasteiger partial charge on any atom is -0.493 e. The zero-order valence-corrected chi connectivity index (χ0v) is 19.8. The van der Waals surface area contributed by atoms with Gasteiger partial charge in [0, 0.05) is 30.5 Å². The Bertz CT molecular complexity index is 1210. The predicted octanol–water partition coefficient (Wildman–Crippen LogP) is 4.54. The summed E-state index contributed by atoms with van der Waals surface area (Å²) in [7, 11) is 1.51. The zero-order chi connectivity index (χ0) is 25.0. The Morgan fingerprint density at radius 3 is 2.46 bits per heavy atom. The van der Waals surface area contributed by atoms with E-state index in [9.17, 15) is 19.1 Å². The van der Waals surface area contributed by atoms with E-state index in [-0.39, 0.29) is 18.3 Å². The molecule has 0 spiro atoms. The van der Waals surface area contributed by atoms with Crippen LogP contribution in [0.3, 0.4) is 0 Å². The molecule has 1 N–H and O–H groups in total. The van der Waals surface area contributed by atoms with Crippen LogP contribution in [0, 0.1) is 5.82 Å². The number of hydrogen-bond acceptors (Lipinski definition) is 4. The number of ether oxygens (including phenoxy) is 2. The highest BCUT2D eigenvalue weighted by Crippen LogP contribution is 2.44. The number of carbonyl (C=O) groups is 2. The van der Waals surface area contributed by atoms with Gasteiger partial charge in [0.05, 0.1) is 7.11 Å². The van der Waals surface area contributed by atoms with E-state index in [1.165, 1.54) is 24.1 Å². The van der Waals surface area contributed by atoms with Gasteiger partial charge in [-0.05, 0) is 48.7 Å². The number of carboxylic acids is 1. The highest BCUT2D eigenvalue weighted by Gasteiger charge is 2.38. The van der Waals surface area contributed by atoms with Gasteiger partial charge in [0.2, 0.25) is 0 Å². The van der Waals surface area contributed by atoms with E-state index in [0.29, 0.717) is 36.3 Å². The highest BCUT2D eigenvalue weighted by molar-refractivity contribution is 5.97. The van der Waals surface area contributed by atoms with E-state index in [4.69, 9.17) is 9.47 Å². The first-order valence-electron chi connectivity index (χ1n) is 11.5. The number of nitrogens with zero attached hydrogens (tertiary/aromatic N) is 1. The number of aliphatic carboxylic acids is 1. The molecular formula is C28H28FNO5. The molecule has 0 saturated carbocycles. The van der Waals surface area contributed by atoms with Crippen LogP contribution in [0.25, 0.3) is 0 Å². The number of methoxy groups -OCH3 is 1. The molecule has 3 aromatic rings. The molecule has 3 aromatic carbocycles. The van der Waals surface area contributed by atoms with Crippen LogP contribution in [-0.4, -0.2) is 47.7 Å². The average molecular weight is 478 g/mol. The van der Waals surface area contributed by atoms with E-state index in [1.807, 2.05) is 37.3 Å². The van der Waals surface area contributed by atoms with E-state index >= 15 is 0 Å². The molecule has 6 nitrogen and oxygen atoms in total. The monoisotopic (exact) mass is 477 g/mol. The maximum Gasteiger partial charge on any atom is 0.323 e. The second kappa shape index (κ2) is 10.2. The number of amides is 1. The van der Waals surface area contributed by atoms with Gasteiger partial charge in [-0.25, -0.2) is 4.39 Å². The van der Waals surface area contributed by atoms with Crippen molar-refractivity contribution < 1.29 is 28.6 Å². The smallest absolute Gasteiger partial charge is 0.323 e. The molecule has 0 fully saturated rings. The Morgan fingerprint density at radius 2 is 1.80 bits per heavy atom. The van der Waals surface area contributed by atoms with Crippen LogP contribution in [-0.2, 0) is 24.1 Å². The number of carbonyl (C=O) groups excluding carboxylic acids is 1. The highest BCUT2D eigenvalue weighted by atomic mass is 19.1. The number of halogens is 1. The summed E-state index contributed by atoms with van der Waals surface area (Å²) in [6.45, 7) is 1.84. The normalized spacial score (nSPS) is 16.3. The SMILES string of the molecule is COc1cc(C(=O)N(CCc2ccccc2)CC(=O)O)cc2c1O[C@](C)(Cc1ccc(F)cc1)C2. The van der Waals surface area contributed by atoms with Crippen molar-refractivity contribution in [2.24, 2.45) is 0 Å². The summed E-state index contributed by atoms with van der Waals surface area (Å²) < 4.78 is 25.1. The van der Waals surface area contributed by atoms with E-state index < -0.39 is 18.1 Å². The van der Waals surface area contributed by atoms with Crippen molar-refractivity contribution in [1.82, 2.24) is 4.90 Å². The Morgan fingerprint density at radius 1 is 1.09 bits per heavy atom. The summed E-state index contributed by atoms with van der Waals surface area (Å²) in [5, 5.41) is 9.40. The van der Waals surface area contributed by atoms with Crippen molar-refractivity contribution in [2.75, 3.05) is 20.2 Å². The lowest BCUT2D eigenvalue weighted by Crippen LogP contribution is -2.37. The number of rotatable bonds is 9. The van der Waals surface area contributed by atoms with Crippen LogP contribution in [0.2, 0.25) is 0 Å². The molecule has 7 heteroatoms. The lowest BCUT2D eigenvalue weighted by atomic mass is 9.91. The summed E-state index contributed by atoms with van der Waals surface area (Å²) in [5.41, 5.74) is 2.53. The largest absolute Gasteiger partial charge is 0.493 e. The molecule has 35 heavy (non-hydrogen) atoms. The third-order valence-corrected chi connectivity index (χ3v) is 6.13. The Kier molecular flexibility index (Phi) is 7.05. The summed E-state index contributed by atoms with van der Waals surface area (Å²) in [6.07, 6.45) is 1.62. The molecule has 4 rings (SSSR count). The predicted molar refractivity (Wildman–Crippen MR) is 130 cm³/mol. The summed E-state index contributed by atoms with van der Waals surface area (Å²) in [6, 6.07) is 19.3. The second-order valence-corrected chi connectivity index (χ2v) is 9.05. The molecule has 0 radical (unpaired) electrons. The molecular weight excluding hydrogens is 449 g/mol. The van der Waals surface area contributed by atoms with E-state index in [0.717, 1.165) is 16.7 Å². The van der Waals surface area contributed by atoms with Crippen molar-refractivity contribution in [2.45, 2.75) is 31.8 Å². The van der Waals surface area contributed by atoms with Crippen LogP contribution < -0.4 is 9.47 Å². The molecule has 0 unspecified atom stereocenters.